The van der Waals surface area contributed by atoms with Gasteiger partial charge in [0.05, 0.1) is 0 Å². The van der Waals surface area contributed by atoms with Gasteiger partial charge in [0.15, 0.2) is 0 Å². The van der Waals surface area contributed by atoms with Crippen LogP contribution in [0.3, 0.4) is 0 Å². The molecule has 1 unspecified atom stereocenters. The van der Waals surface area contributed by atoms with Crippen molar-refractivity contribution in [3.8, 4) is 0 Å². The van der Waals surface area contributed by atoms with Crippen LogP contribution in [0.2, 0.25) is 5.02 Å². The Labute approximate surface area is 124 Å². The third-order valence-corrected chi connectivity index (χ3v) is 4.33. The largest absolute Gasteiger partial charge is 0.399 e. The Balaban J connectivity index is 1.51. The molecule has 20 heavy (non-hydrogen) atoms. The highest BCUT2D eigenvalue weighted by Crippen LogP contribution is 2.31. The van der Waals surface area contributed by atoms with Crippen LogP contribution in [0.5, 0.6) is 0 Å². The average molecular weight is 294 g/mol. The zero-order valence-electron chi connectivity index (χ0n) is 11.4. The number of halogens is 1. The minimum absolute atomic E-state index is 0.0935. The Kier molecular flexibility index (Phi) is 3.85. The zero-order chi connectivity index (χ0) is 14.1. The van der Waals surface area contributed by atoms with E-state index in [2.05, 4.69) is 10.2 Å². The molecule has 2 fully saturated rings. The number of likely N-dealkylation sites (tertiary alicyclic amines) is 1. The summed E-state index contributed by atoms with van der Waals surface area (Å²) in [4.78, 5) is 14.6. The molecular weight excluding hydrogens is 274 g/mol. The Morgan fingerprint density at radius 1 is 1.35 bits per heavy atom. The highest BCUT2D eigenvalue weighted by molar-refractivity contribution is 6.31. The summed E-state index contributed by atoms with van der Waals surface area (Å²) in [6.07, 6.45) is 3.87. The maximum Gasteiger partial charge on any atom is 0.251 e. The van der Waals surface area contributed by atoms with E-state index in [1.165, 1.54) is 25.8 Å². The van der Waals surface area contributed by atoms with Gasteiger partial charge in [-0.1, -0.05) is 11.6 Å². The smallest absolute Gasteiger partial charge is 0.251 e. The fourth-order valence-corrected chi connectivity index (χ4v) is 3.13. The van der Waals surface area contributed by atoms with E-state index in [9.17, 15) is 4.79 Å². The van der Waals surface area contributed by atoms with Crippen molar-refractivity contribution in [3.05, 3.63) is 28.8 Å². The molecule has 1 amide bonds. The lowest BCUT2D eigenvalue weighted by Crippen LogP contribution is -2.31. The number of carbonyl (C=O) groups excluding carboxylic acids is 1. The van der Waals surface area contributed by atoms with Gasteiger partial charge in [-0.3, -0.25) is 4.79 Å². The zero-order valence-corrected chi connectivity index (χ0v) is 12.2. The predicted octanol–water partition coefficient (Wildman–Crippen LogP) is 2.14. The summed E-state index contributed by atoms with van der Waals surface area (Å²) in [6.45, 7) is 3.02. The van der Waals surface area contributed by atoms with E-state index in [1.807, 2.05) is 0 Å². The Morgan fingerprint density at radius 3 is 2.85 bits per heavy atom. The van der Waals surface area contributed by atoms with Crippen LogP contribution in [0.4, 0.5) is 5.69 Å². The van der Waals surface area contributed by atoms with Gasteiger partial charge in [-0.15, -0.1) is 0 Å². The summed E-state index contributed by atoms with van der Waals surface area (Å²) in [7, 11) is 0. The molecule has 4 nitrogen and oxygen atoms in total. The van der Waals surface area contributed by atoms with Crippen LogP contribution in [0.15, 0.2) is 18.2 Å². The molecule has 0 spiro atoms. The molecule has 1 aliphatic carbocycles. The quantitative estimate of drug-likeness (QED) is 0.836. The summed E-state index contributed by atoms with van der Waals surface area (Å²) in [5.41, 5.74) is 6.75. The molecule has 3 N–H and O–H groups in total. The van der Waals surface area contributed by atoms with E-state index >= 15 is 0 Å². The summed E-state index contributed by atoms with van der Waals surface area (Å²) < 4.78 is 0. The van der Waals surface area contributed by atoms with Crippen molar-refractivity contribution < 1.29 is 4.79 Å². The molecule has 0 radical (unpaired) electrons. The standard InChI is InChI=1S/C15H20ClN3O/c16-12-5-11(6-13(17)7-12)15(20)18-8-10-3-4-19(9-10)14-1-2-14/h5-7,10,14H,1-4,8-9,17H2,(H,18,20). The molecule has 0 aromatic heterocycles. The van der Waals surface area contributed by atoms with E-state index in [0.29, 0.717) is 22.2 Å². The summed E-state index contributed by atoms with van der Waals surface area (Å²) in [5.74, 6) is 0.472. The van der Waals surface area contributed by atoms with Gasteiger partial charge in [-0.2, -0.15) is 0 Å². The first-order valence-electron chi connectivity index (χ1n) is 7.20. The number of nitrogens with two attached hydrogens (primary N) is 1. The van der Waals surface area contributed by atoms with Crippen LogP contribution < -0.4 is 11.1 Å². The van der Waals surface area contributed by atoms with Gasteiger partial charge < -0.3 is 16.0 Å². The lowest BCUT2D eigenvalue weighted by atomic mass is 10.1. The first-order chi connectivity index (χ1) is 9.61. The van der Waals surface area contributed by atoms with Crippen LogP contribution >= 0.6 is 11.6 Å². The third kappa shape index (κ3) is 3.25. The SMILES string of the molecule is Nc1cc(Cl)cc(C(=O)NCC2CCN(C3CC3)C2)c1. The second kappa shape index (κ2) is 5.62. The summed E-state index contributed by atoms with van der Waals surface area (Å²) in [5, 5.41) is 3.49. The maximum atomic E-state index is 12.1. The molecule has 0 bridgehead atoms. The van der Waals surface area contributed by atoms with Crippen LogP contribution in [0.1, 0.15) is 29.6 Å². The number of rotatable bonds is 4. The number of hydrogen-bond donors (Lipinski definition) is 2. The lowest BCUT2D eigenvalue weighted by molar-refractivity contribution is 0.0947. The predicted molar refractivity (Wildman–Crippen MR) is 80.9 cm³/mol. The van der Waals surface area contributed by atoms with Gasteiger partial charge >= 0.3 is 0 Å². The molecule has 5 heteroatoms. The molecule has 1 atom stereocenters. The highest BCUT2D eigenvalue weighted by atomic mass is 35.5. The van der Waals surface area contributed by atoms with E-state index in [0.717, 1.165) is 19.1 Å². The minimum atomic E-state index is -0.0935. The van der Waals surface area contributed by atoms with Gasteiger partial charge in [-0.25, -0.2) is 0 Å². The van der Waals surface area contributed by atoms with Crippen LogP contribution in [-0.2, 0) is 0 Å². The van der Waals surface area contributed by atoms with Gasteiger partial charge in [0, 0.05) is 35.4 Å². The van der Waals surface area contributed by atoms with Crippen molar-refractivity contribution in [3.63, 3.8) is 0 Å². The van der Waals surface area contributed by atoms with Crippen LogP contribution in [0.25, 0.3) is 0 Å². The van der Waals surface area contributed by atoms with Crippen molar-refractivity contribution in [2.75, 3.05) is 25.4 Å². The molecule has 1 aromatic carbocycles. The molecule has 1 aromatic rings. The number of amides is 1. The van der Waals surface area contributed by atoms with E-state index in [-0.39, 0.29) is 5.91 Å². The van der Waals surface area contributed by atoms with Crippen molar-refractivity contribution in [2.45, 2.75) is 25.3 Å². The fraction of sp³-hybridized carbons (Fsp3) is 0.533. The number of benzene rings is 1. The number of nitrogens with zero attached hydrogens (tertiary/aromatic N) is 1. The Bertz CT molecular complexity index is 496. The second-order valence-electron chi connectivity index (χ2n) is 5.86. The lowest BCUT2D eigenvalue weighted by Gasteiger charge is -2.15. The molecule has 2 aliphatic rings. The first-order valence-corrected chi connectivity index (χ1v) is 7.58. The van der Waals surface area contributed by atoms with Crippen LogP contribution in [-0.4, -0.2) is 36.5 Å². The van der Waals surface area contributed by atoms with E-state index in [4.69, 9.17) is 17.3 Å². The number of nitrogens with one attached hydrogen (secondary N) is 1. The first kappa shape index (κ1) is 13.7. The fourth-order valence-electron chi connectivity index (χ4n) is 2.88. The molecule has 1 saturated heterocycles. The number of anilines is 1. The van der Waals surface area contributed by atoms with Crippen molar-refractivity contribution in [2.24, 2.45) is 5.92 Å². The molecule has 1 heterocycles. The molecule has 3 rings (SSSR count). The molecular formula is C15H20ClN3O. The normalized spacial score (nSPS) is 22.9. The average Bonchev–Trinajstić information content (AvgIpc) is 3.14. The van der Waals surface area contributed by atoms with Gasteiger partial charge in [-0.05, 0) is 49.9 Å². The number of hydrogen-bond acceptors (Lipinski definition) is 3. The Morgan fingerprint density at radius 2 is 2.15 bits per heavy atom. The highest BCUT2D eigenvalue weighted by Gasteiger charge is 2.34. The summed E-state index contributed by atoms with van der Waals surface area (Å²) in [6, 6.07) is 5.77. The van der Waals surface area contributed by atoms with Crippen molar-refractivity contribution in [1.29, 1.82) is 0 Å². The number of nitrogen functional groups attached to an aromatic ring is 1. The Hall–Kier alpha value is -1.26. The second-order valence-corrected chi connectivity index (χ2v) is 6.30. The van der Waals surface area contributed by atoms with Gasteiger partial charge in [0.2, 0.25) is 0 Å². The van der Waals surface area contributed by atoms with E-state index in [1.54, 1.807) is 18.2 Å². The number of carbonyl (C=O) groups is 1. The molecule has 1 aliphatic heterocycles. The van der Waals surface area contributed by atoms with E-state index < -0.39 is 0 Å². The van der Waals surface area contributed by atoms with Crippen LogP contribution in [0, 0.1) is 5.92 Å². The van der Waals surface area contributed by atoms with Gasteiger partial charge in [0.25, 0.3) is 5.91 Å². The topological polar surface area (TPSA) is 58.4 Å². The van der Waals surface area contributed by atoms with Gasteiger partial charge in [0.1, 0.15) is 0 Å². The van der Waals surface area contributed by atoms with Crippen molar-refractivity contribution >= 4 is 23.2 Å². The summed E-state index contributed by atoms with van der Waals surface area (Å²) >= 11 is 5.92. The molecule has 1 saturated carbocycles. The third-order valence-electron chi connectivity index (χ3n) is 4.11. The monoisotopic (exact) mass is 293 g/mol. The molecule has 108 valence electrons. The minimum Gasteiger partial charge on any atom is -0.399 e. The maximum absolute atomic E-state index is 12.1. The van der Waals surface area contributed by atoms with Crippen molar-refractivity contribution in [1.82, 2.24) is 10.2 Å².